The number of ketones is 1. The normalized spacial score (nSPS) is 14.7. The van der Waals surface area contributed by atoms with Crippen molar-refractivity contribution in [1.29, 1.82) is 0 Å². The summed E-state index contributed by atoms with van der Waals surface area (Å²) < 4.78 is 15.0. The summed E-state index contributed by atoms with van der Waals surface area (Å²) in [5, 5.41) is 12.7. The molecule has 0 radical (unpaired) electrons. The molecule has 0 saturated carbocycles. The van der Waals surface area contributed by atoms with E-state index in [9.17, 15) is 14.4 Å². The minimum absolute atomic E-state index is 0.227. The highest BCUT2D eigenvalue weighted by molar-refractivity contribution is 6.28. The largest absolute Gasteiger partial charge is 0.410 e. The predicted octanol–water partition coefficient (Wildman–Crippen LogP) is 2.78. The highest BCUT2D eigenvalue weighted by Crippen LogP contribution is 2.28. The number of hydrogen-bond donors (Lipinski definition) is 1. The number of oxime groups is 1. The van der Waals surface area contributed by atoms with E-state index in [2.05, 4.69) is 10.1 Å². The maximum Gasteiger partial charge on any atom is 0.212 e. The fourth-order valence-electron chi connectivity index (χ4n) is 2.80. The van der Waals surface area contributed by atoms with Gasteiger partial charge in [0.05, 0.1) is 5.69 Å². The van der Waals surface area contributed by atoms with Gasteiger partial charge in [0.1, 0.15) is 29.2 Å². The number of nitrogens with zero attached hydrogens (tertiary/aromatic N) is 3. The second-order valence-corrected chi connectivity index (χ2v) is 5.11. The summed E-state index contributed by atoms with van der Waals surface area (Å²) in [5.74, 6) is -0.658. The van der Waals surface area contributed by atoms with E-state index in [1.807, 2.05) is 0 Å². The molecule has 1 heterocycles. The molecule has 0 atom stereocenters. The first-order valence-electron chi connectivity index (χ1n) is 6.90. The summed E-state index contributed by atoms with van der Waals surface area (Å²) in [7, 11) is 0. The van der Waals surface area contributed by atoms with Crippen LogP contribution in [0.1, 0.15) is 27.3 Å². The molecule has 112 valence electrons. The van der Waals surface area contributed by atoms with Crippen LogP contribution >= 0.6 is 0 Å². The van der Waals surface area contributed by atoms with Crippen LogP contribution < -0.4 is 0 Å². The zero-order chi connectivity index (χ0) is 16.0. The molecule has 0 spiro atoms. The van der Waals surface area contributed by atoms with Gasteiger partial charge in [0, 0.05) is 11.1 Å². The van der Waals surface area contributed by atoms with Gasteiger partial charge in [0.2, 0.25) is 5.78 Å². The quantitative estimate of drug-likeness (QED) is 0.434. The molecule has 6 heteroatoms. The van der Waals surface area contributed by atoms with Crippen LogP contribution in [0, 0.1) is 5.82 Å². The van der Waals surface area contributed by atoms with Gasteiger partial charge in [-0.3, -0.25) is 9.36 Å². The highest BCUT2D eigenvalue weighted by Gasteiger charge is 2.33. The van der Waals surface area contributed by atoms with Crippen molar-refractivity contribution in [3.63, 3.8) is 0 Å². The maximum absolute atomic E-state index is 13.5. The van der Waals surface area contributed by atoms with Crippen LogP contribution in [0.3, 0.4) is 0 Å². The summed E-state index contributed by atoms with van der Waals surface area (Å²) in [5.41, 5.74) is 2.18. The van der Waals surface area contributed by atoms with Crippen molar-refractivity contribution >= 4 is 11.5 Å². The topological polar surface area (TPSA) is 67.5 Å². The summed E-state index contributed by atoms with van der Waals surface area (Å²) in [6, 6.07) is 12.7. The van der Waals surface area contributed by atoms with Gasteiger partial charge in [0.15, 0.2) is 0 Å². The number of halogens is 1. The number of imidazole rings is 1. The van der Waals surface area contributed by atoms with Gasteiger partial charge in [-0.05, 0) is 18.2 Å². The lowest BCUT2D eigenvalue weighted by Gasteiger charge is -2.17. The number of aromatic nitrogens is 2. The first-order chi connectivity index (χ1) is 11.2. The van der Waals surface area contributed by atoms with Gasteiger partial charge in [-0.25, -0.2) is 9.37 Å². The third kappa shape index (κ3) is 1.88. The van der Waals surface area contributed by atoms with Crippen LogP contribution in [-0.2, 0) is 0 Å². The number of benzene rings is 2. The van der Waals surface area contributed by atoms with Crippen LogP contribution in [-0.4, -0.2) is 26.3 Å². The molecule has 0 bridgehead atoms. The van der Waals surface area contributed by atoms with E-state index < -0.39 is 5.82 Å². The molecule has 1 aromatic heterocycles. The Morgan fingerprint density at radius 1 is 1.09 bits per heavy atom. The zero-order valence-corrected chi connectivity index (χ0v) is 11.8. The Kier molecular flexibility index (Phi) is 2.84. The number of carbonyl (C=O) groups is 1. The molecule has 0 fully saturated rings. The lowest BCUT2D eigenvalue weighted by atomic mass is 9.89. The van der Waals surface area contributed by atoms with Gasteiger partial charge < -0.3 is 5.21 Å². The first kappa shape index (κ1) is 13.4. The van der Waals surface area contributed by atoms with Gasteiger partial charge in [-0.2, -0.15) is 0 Å². The Balaban J connectivity index is 1.99. The van der Waals surface area contributed by atoms with Crippen LogP contribution in [0.4, 0.5) is 4.39 Å². The summed E-state index contributed by atoms with van der Waals surface area (Å²) >= 11 is 0. The van der Waals surface area contributed by atoms with Crippen molar-refractivity contribution in [2.45, 2.75) is 0 Å². The lowest BCUT2D eigenvalue weighted by Crippen LogP contribution is -2.23. The van der Waals surface area contributed by atoms with E-state index >= 15 is 0 Å². The van der Waals surface area contributed by atoms with Crippen molar-refractivity contribution in [2.24, 2.45) is 5.16 Å². The van der Waals surface area contributed by atoms with Crippen molar-refractivity contribution in [2.75, 3.05) is 0 Å². The fraction of sp³-hybridized carbons (Fsp3) is 0. The van der Waals surface area contributed by atoms with E-state index in [1.54, 1.807) is 36.4 Å². The molecule has 5 nitrogen and oxygen atoms in total. The van der Waals surface area contributed by atoms with Crippen molar-refractivity contribution < 1.29 is 14.4 Å². The second kappa shape index (κ2) is 4.88. The van der Waals surface area contributed by atoms with E-state index in [1.165, 1.54) is 23.0 Å². The minimum atomic E-state index is -0.412. The average Bonchev–Trinajstić information content (AvgIpc) is 3.01. The third-order valence-corrected chi connectivity index (χ3v) is 3.82. The predicted molar refractivity (Wildman–Crippen MR) is 80.8 cm³/mol. The van der Waals surface area contributed by atoms with E-state index in [0.29, 0.717) is 16.8 Å². The van der Waals surface area contributed by atoms with Gasteiger partial charge in [-0.15, -0.1) is 0 Å². The molecule has 3 aromatic rings. The number of hydrogen-bond acceptors (Lipinski definition) is 4. The monoisotopic (exact) mass is 307 g/mol. The fourth-order valence-corrected chi connectivity index (χ4v) is 2.80. The number of rotatable bonds is 1. The van der Waals surface area contributed by atoms with Crippen LogP contribution in [0.5, 0.6) is 0 Å². The standard InChI is InChI=1S/C17H10FN3O2/c18-10-4-3-5-11(8-10)21-9-19-15-14(20-23)12-6-1-2-7-13(12)17(22)16(15)21/h1-9,23H. The summed E-state index contributed by atoms with van der Waals surface area (Å²) in [6.45, 7) is 0. The molecule has 1 N–H and O–H groups in total. The minimum Gasteiger partial charge on any atom is -0.410 e. The highest BCUT2D eigenvalue weighted by atomic mass is 19.1. The van der Waals surface area contributed by atoms with Crippen LogP contribution in [0.25, 0.3) is 5.69 Å². The number of carbonyl (C=O) groups excluding carboxylic acids is 1. The first-order valence-corrected chi connectivity index (χ1v) is 6.90. The van der Waals surface area contributed by atoms with Crippen molar-refractivity contribution in [3.05, 3.63) is 83.2 Å². The van der Waals surface area contributed by atoms with Gasteiger partial charge in [0.25, 0.3) is 0 Å². The summed E-state index contributed by atoms with van der Waals surface area (Å²) in [4.78, 5) is 17.0. The zero-order valence-electron chi connectivity index (χ0n) is 11.8. The molecule has 0 unspecified atom stereocenters. The Morgan fingerprint density at radius 2 is 1.87 bits per heavy atom. The van der Waals surface area contributed by atoms with E-state index in [4.69, 9.17) is 0 Å². The van der Waals surface area contributed by atoms with E-state index in [0.717, 1.165) is 0 Å². The van der Waals surface area contributed by atoms with Crippen LogP contribution in [0.15, 0.2) is 60.0 Å². The smallest absolute Gasteiger partial charge is 0.212 e. The second-order valence-electron chi connectivity index (χ2n) is 5.11. The molecule has 4 rings (SSSR count). The van der Waals surface area contributed by atoms with E-state index in [-0.39, 0.29) is 22.9 Å². The SMILES string of the molecule is O=C1c2ccccc2C(=NO)c2ncn(-c3cccc(F)c3)c21. The molecule has 2 aromatic carbocycles. The molecule has 1 aliphatic rings. The van der Waals surface area contributed by atoms with Gasteiger partial charge >= 0.3 is 0 Å². The lowest BCUT2D eigenvalue weighted by molar-refractivity contribution is 0.103. The maximum atomic E-state index is 13.5. The Hall–Kier alpha value is -3.28. The molecule has 23 heavy (non-hydrogen) atoms. The molecular weight excluding hydrogens is 297 g/mol. The van der Waals surface area contributed by atoms with Crippen LogP contribution in [0.2, 0.25) is 0 Å². The molecule has 0 aliphatic heterocycles. The molecular formula is C17H10FN3O2. The van der Waals surface area contributed by atoms with Crippen molar-refractivity contribution in [3.8, 4) is 5.69 Å². The van der Waals surface area contributed by atoms with Crippen molar-refractivity contribution in [1.82, 2.24) is 9.55 Å². The Bertz CT molecular complexity index is 975. The summed E-state index contributed by atoms with van der Waals surface area (Å²) in [6.07, 6.45) is 1.42. The average molecular weight is 307 g/mol. The molecule has 1 aliphatic carbocycles. The molecule has 0 saturated heterocycles. The Labute approximate surface area is 130 Å². The van der Waals surface area contributed by atoms with Gasteiger partial charge in [-0.1, -0.05) is 35.5 Å². The Morgan fingerprint density at radius 3 is 2.61 bits per heavy atom. The molecule has 0 amide bonds. The number of fused-ring (bicyclic) bond motifs is 2. The third-order valence-electron chi connectivity index (χ3n) is 3.82.